The monoisotopic (exact) mass is 613 g/mol. The van der Waals surface area contributed by atoms with Crippen molar-refractivity contribution in [2.24, 2.45) is 0 Å². The Morgan fingerprint density at radius 1 is 1.11 bits per heavy atom. The molecule has 1 fully saturated rings. The van der Waals surface area contributed by atoms with Gasteiger partial charge in [-0.15, -0.1) is 0 Å². The summed E-state index contributed by atoms with van der Waals surface area (Å²) in [6.45, 7) is 6.74. The molecule has 0 aliphatic heterocycles. The van der Waals surface area contributed by atoms with Crippen molar-refractivity contribution in [2.75, 3.05) is 10.6 Å². The lowest BCUT2D eigenvalue weighted by molar-refractivity contribution is -0.114. The van der Waals surface area contributed by atoms with Gasteiger partial charge in [-0.3, -0.25) is 9.59 Å². The van der Waals surface area contributed by atoms with Crippen LogP contribution in [0.5, 0.6) is 0 Å². The van der Waals surface area contributed by atoms with E-state index in [9.17, 15) is 18.8 Å². The van der Waals surface area contributed by atoms with E-state index in [2.05, 4.69) is 10.6 Å². The third-order valence-corrected chi connectivity index (χ3v) is 7.34. The van der Waals surface area contributed by atoms with Gasteiger partial charge in [0, 0.05) is 33.5 Å². The molecule has 5 rings (SSSR count). The number of fused-ring (bicyclic) bond motifs is 1. The molecule has 9 heteroatoms. The first-order valence-electron chi connectivity index (χ1n) is 11.9. The standard InChI is InChI=1S/C28H25FIN3O4/c1-13-5-7-18(31-16(4)34)12-20(13)23-15(3)33(19-8-9-19)27(35)24-25(14(2)28(36)37-26(23)24)32-22-10-6-17(30)11-21(22)29/h5-7,10-12,19,32H,8-9H2,1-4H3,(H,31,34). The molecule has 7 nitrogen and oxygen atoms in total. The Hall–Kier alpha value is -3.47. The summed E-state index contributed by atoms with van der Waals surface area (Å²) in [5, 5.41) is 6.00. The lowest BCUT2D eigenvalue weighted by Gasteiger charge is -2.20. The molecule has 0 atom stereocenters. The highest BCUT2D eigenvalue weighted by Crippen LogP contribution is 2.42. The number of nitrogens with one attached hydrogen (secondary N) is 2. The maximum Gasteiger partial charge on any atom is 0.341 e. The Labute approximate surface area is 225 Å². The van der Waals surface area contributed by atoms with Gasteiger partial charge in [0.2, 0.25) is 5.91 Å². The zero-order valence-electron chi connectivity index (χ0n) is 20.8. The van der Waals surface area contributed by atoms with Crippen molar-refractivity contribution in [2.45, 2.75) is 46.6 Å². The lowest BCUT2D eigenvalue weighted by atomic mass is 9.95. The number of pyridine rings is 1. The summed E-state index contributed by atoms with van der Waals surface area (Å²) < 4.78 is 23.1. The lowest BCUT2D eigenvalue weighted by Crippen LogP contribution is -2.25. The largest absolute Gasteiger partial charge is 0.421 e. The maximum absolute atomic E-state index is 14.8. The molecule has 1 saturated carbocycles. The summed E-state index contributed by atoms with van der Waals surface area (Å²) in [5.41, 5.74) is 3.21. The maximum atomic E-state index is 14.8. The van der Waals surface area contributed by atoms with Crippen LogP contribution < -0.4 is 21.8 Å². The van der Waals surface area contributed by atoms with E-state index < -0.39 is 11.4 Å². The fourth-order valence-corrected chi connectivity index (χ4v) is 5.16. The minimum atomic E-state index is -0.624. The van der Waals surface area contributed by atoms with Gasteiger partial charge in [0.05, 0.1) is 16.9 Å². The number of benzene rings is 2. The molecular formula is C28H25FIN3O4. The Bertz CT molecular complexity index is 1720. The van der Waals surface area contributed by atoms with Crippen LogP contribution in [0.15, 0.2) is 50.4 Å². The van der Waals surface area contributed by atoms with Crippen molar-refractivity contribution in [3.63, 3.8) is 0 Å². The van der Waals surface area contributed by atoms with Gasteiger partial charge in [-0.2, -0.15) is 0 Å². The molecule has 0 unspecified atom stereocenters. The summed E-state index contributed by atoms with van der Waals surface area (Å²) in [6, 6.07) is 10.2. The van der Waals surface area contributed by atoms with Gasteiger partial charge in [-0.25, -0.2) is 9.18 Å². The molecule has 2 aromatic heterocycles. The molecule has 1 amide bonds. The van der Waals surface area contributed by atoms with Crippen LogP contribution in [0.2, 0.25) is 0 Å². The van der Waals surface area contributed by atoms with E-state index >= 15 is 0 Å². The Morgan fingerprint density at radius 2 is 1.84 bits per heavy atom. The van der Waals surface area contributed by atoms with Crippen molar-refractivity contribution in [1.82, 2.24) is 4.57 Å². The van der Waals surface area contributed by atoms with Crippen molar-refractivity contribution >= 4 is 56.5 Å². The number of nitrogens with zero attached hydrogens (tertiary/aromatic N) is 1. The van der Waals surface area contributed by atoms with E-state index in [1.54, 1.807) is 29.7 Å². The molecule has 2 heterocycles. The van der Waals surface area contributed by atoms with Gasteiger partial charge in [0.15, 0.2) is 5.58 Å². The number of hydrogen-bond donors (Lipinski definition) is 2. The molecule has 0 saturated heterocycles. The van der Waals surface area contributed by atoms with Crippen LogP contribution in [-0.4, -0.2) is 10.5 Å². The Kier molecular flexibility index (Phi) is 6.43. The summed E-state index contributed by atoms with van der Waals surface area (Å²) in [4.78, 5) is 38.7. The van der Waals surface area contributed by atoms with Crippen molar-refractivity contribution in [1.29, 1.82) is 0 Å². The van der Waals surface area contributed by atoms with Gasteiger partial charge in [-0.1, -0.05) is 6.07 Å². The Morgan fingerprint density at radius 3 is 2.49 bits per heavy atom. The molecule has 0 radical (unpaired) electrons. The second-order valence-corrected chi connectivity index (χ2v) is 10.7. The molecule has 0 bridgehead atoms. The highest BCUT2D eigenvalue weighted by Gasteiger charge is 2.31. The molecule has 1 aliphatic carbocycles. The fourth-order valence-electron chi connectivity index (χ4n) is 4.70. The number of carbonyl (C=O) groups excluding carboxylic acids is 1. The predicted molar refractivity (Wildman–Crippen MR) is 151 cm³/mol. The van der Waals surface area contributed by atoms with Crippen molar-refractivity contribution < 1.29 is 13.6 Å². The zero-order chi connectivity index (χ0) is 26.6. The van der Waals surface area contributed by atoms with Crippen LogP contribution in [0.3, 0.4) is 0 Å². The average molecular weight is 613 g/mol. The van der Waals surface area contributed by atoms with E-state index in [0.29, 0.717) is 16.9 Å². The molecule has 190 valence electrons. The molecular weight excluding hydrogens is 588 g/mol. The van der Waals surface area contributed by atoms with Gasteiger partial charge in [0.1, 0.15) is 11.2 Å². The van der Waals surface area contributed by atoms with Gasteiger partial charge in [0.25, 0.3) is 5.56 Å². The first kappa shape index (κ1) is 25.2. The topological polar surface area (TPSA) is 93.3 Å². The smallest absolute Gasteiger partial charge is 0.341 e. The van der Waals surface area contributed by atoms with Gasteiger partial charge >= 0.3 is 5.63 Å². The van der Waals surface area contributed by atoms with Gasteiger partial charge in [-0.05, 0) is 97.7 Å². The second-order valence-electron chi connectivity index (χ2n) is 9.42. The molecule has 0 spiro atoms. The van der Waals surface area contributed by atoms with E-state index in [0.717, 1.165) is 27.5 Å². The molecule has 37 heavy (non-hydrogen) atoms. The number of amides is 1. The molecule has 4 aromatic rings. The summed E-state index contributed by atoms with van der Waals surface area (Å²) in [6.07, 6.45) is 1.72. The highest BCUT2D eigenvalue weighted by atomic mass is 127. The SMILES string of the molecule is CC(=O)Nc1ccc(C)c(-c2c(C)n(C3CC3)c(=O)c3c(Nc4ccc(I)cc4F)c(C)c(=O)oc23)c1. The van der Waals surface area contributed by atoms with E-state index in [4.69, 9.17) is 4.42 Å². The number of anilines is 3. The first-order chi connectivity index (χ1) is 17.6. The van der Waals surface area contributed by atoms with E-state index in [-0.39, 0.29) is 45.4 Å². The van der Waals surface area contributed by atoms with Crippen LogP contribution in [0.25, 0.3) is 22.1 Å². The quantitative estimate of drug-likeness (QED) is 0.257. The van der Waals surface area contributed by atoms with Crippen LogP contribution in [-0.2, 0) is 4.79 Å². The molecule has 1 aliphatic rings. The average Bonchev–Trinajstić information content (AvgIpc) is 3.65. The second kappa shape index (κ2) is 9.44. The van der Waals surface area contributed by atoms with Crippen LogP contribution in [0.4, 0.5) is 21.5 Å². The number of aryl methyl sites for hydroxylation is 1. The minimum Gasteiger partial charge on any atom is -0.421 e. The summed E-state index contributed by atoms with van der Waals surface area (Å²) in [7, 11) is 0. The normalized spacial score (nSPS) is 13.1. The number of aromatic nitrogens is 1. The highest BCUT2D eigenvalue weighted by molar-refractivity contribution is 14.1. The van der Waals surface area contributed by atoms with E-state index in [1.807, 2.05) is 48.6 Å². The van der Waals surface area contributed by atoms with Crippen LogP contribution in [0.1, 0.15) is 42.6 Å². The fraction of sp³-hybridized carbons (Fsp3) is 0.250. The van der Waals surface area contributed by atoms with Crippen LogP contribution in [0, 0.1) is 30.2 Å². The third kappa shape index (κ3) is 4.56. The van der Waals surface area contributed by atoms with Crippen LogP contribution >= 0.6 is 22.6 Å². The van der Waals surface area contributed by atoms with E-state index in [1.165, 1.54) is 13.0 Å². The summed E-state index contributed by atoms with van der Waals surface area (Å²) >= 11 is 2.02. The Balaban J connectivity index is 1.88. The number of rotatable bonds is 5. The van der Waals surface area contributed by atoms with Gasteiger partial charge < -0.3 is 19.6 Å². The number of halogens is 2. The van der Waals surface area contributed by atoms with Crippen molar-refractivity contribution in [3.8, 4) is 11.1 Å². The predicted octanol–water partition coefficient (Wildman–Crippen LogP) is 6.33. The summed E-state index contributed by atoms with van der Waals surface area (Å²) in [5.74, 6) is -0.714. The third-order valence-electron chi connectivity index (χ3n) is 6.67. The molecule has 2 N–H and O–H groups in total. The minimum absolute atomic E-state index is 0.0320. The van der Waals surface area contributed by atoms with Crippen molar-refractivity contribution in [3.05, 3.63) is 83.4 Å². The number of carbonyl (C=O) groups is 1. The molecule has 2 aromatic carbocycles. The first-order valence-corrected chi connectivity index (χ1v) is 13.0. The zero-order valence-corrected chi connectivity index (χ0v) is 22.9. The number of hydrogen-bond acceptors (Lipinski definition) is 5.